The summed E-state index contributed by atoms with van der Waals surface area (Å²) in [5.74, 6) is -1.27. The van der Waals surface area contributed by atoms with Gasteiger partial charge in [-0.2, -0.15) is 0 Å². The third kappa shape index (κ3) is 2.46. The van der Waals surface area contributed by atoms with Gasteiger partial charge in [-0.3, -0.25) is 0 Å². The minimum Gasteiger partial charge on any atom is -0.397 e. The lowest BCUT2D eigenvalue weighted by Crippen LogP contribution is -2.02. The van der Waals surface area contributed by atoms with Crippen LogP contribution in [0.4, 0.5) is 25.8 Å². The second-order valence-electron chi connectivity index (χ2n) is 3.91. The number of halogens is 3. The molecule has 0 saturated heterocycles. The summed E-state index contributed by atoms with van der Waals surface area (Å²) < 4.78 is 28.2. The summed E-state index contributed by atoms with van der Waals surface area (Å²) in [6.07, 6.45) is 0. The maximum absolute atomic E-state index is 13.8. The molecule has 0 amide bonds. The van der Waals surface area contributed by atoms with Crippen LogP contribution in [0.1, 0.15) is 5.56 Å². The van der Waals surface area contributed by atoms with Crippen LogP contribution >= 0.6 is 15.9 Å². The van der Waals surface area contributed by atoms with Gasteiger partial charge in [-0.05, 0) is 36.8 Å². The van der Waals surface area contributed by atoms with Crippen molar-refractivity contribution in [2.75, 3.05) is 11.1 Å². The zero-order valence-electron chi connectivity index (χ0n) is 9.60. The molecule has 0 aliphatic heterocycles. The predicted molar refractivity (Wildman–Crippen MR) is 72.9 cm³/mol. The van der Waals surface area contributed by atoms with Gasteiger partial charge < -0.3 is 11.1 Å². The highest BCUT2D eigenvalue weighted by molar-refractivity contribution is 9.10. The van der Waals surface area contributed by atoms with Gasteiger partial charge >= 0.3 is 0 Å². The molecule has 0 aromatic heterocycles. The maximum Gasteiger partial charge on any atom is 0.152 e. The van der Waals surface area contributed by atoms with Gasteiger partial charge in [0.25, 0.3) is 0 Å². The number of nitrogen functional groups attached to an aromatic ring is 1. The summed E-state index contributed by atoms with van der Waals surface area (Å²) in [4.78, 5) is 0. The molecule has 0 unspecified atom stereocenters. The van der Waals surface area contributed by atoms with Crippen molar-refractivity contribution < 1.29 is 8.78 Å². The number of anilines is 3. The van der Waals surface area contributed by atoms with E-state index in [4.69, 9.17) is 5.73 Å². The number of nitrogens with two attached hydrogens (primary N) is 1. The van der Waals surface area contributed by atoms with Gasteiger partial charge in [-0.1, -0.05) is 22.0 Å². The fourth-order valence-electron chi connectivity index (χ4n) is 1.54. The molecule has 0 spiro atoms. The highest BCUT2D eigenvalue weighted by Crippen LogP contribution is 2.30. The van der Waals surface area contributed by atoms with Crippen LogP contribution in [-0.2, 0) is 0 Å². The van der Waals surface area contributed by atoms with E-state index in [2.05, 4.69) is 21.2 Å². The molecule has 0 fully saturated rings. The largest absolute Gasteiger partial charge is 0.397 e. The quantitative estimate of drug-likeness (QED) is 0.808. The standard InChI is InChI=1S/C13H11BrF2N2/c1-7-2-4-9(15)13(12(7)16)18-11-6-8(14)3-5-10(11)17/h2-6,18H,17H2,1H3. The number of nitrogens with one attached hydrogen (secondary N) is 1. The molecule has 0 heterocycles. The fourth-order valence-corrected chi connectivity index (χ4v) is 1.90. The first-order valence-corrected chi connectivity index (χ1v) is 6.05. The molecule has 0 atom stereocenters. The van der Waals surface area contributed by atoms with Gasteiger partial charge in [0.05, 0.1) is 11.4 Å². The molecular weight excluding hydrogens is 302 g/mol. The Kier molecular flexibility index (Phi) is 3.52. The van der Waals surface area contributed by atoms with E-state index in [9.17, 15) is 8.78 Å². The Morgan fingerprint density at radius 2 is 1.89 bits per heavy atom. The Bertz CT molecular complexity index is 600. The van der Waals surface area contributed by atoms with Crippen LogP contribution in [0.2, 0.25) is 0 Å². The highest BCUT2D eigenvalue weighted by atomic mass is 79.9. The van der Waals surface area contributed by atoms with Gasteiger partial charge in [0.1, 0.15) is 11.5 Å². The first kappa shape index (κ1) is 12.8. The molecule has 2 rings (SSSR count). The summed E-state index contributed by atoms with van der Waals surface area (Å²) in [5, 5.41) is 2.69. The molecule has 0 saturated carbocycles. The number of hydrogen-bond donors (Lipinski definition) is 2. The van der Waals surface area contributed by atoms with Crippen LogP contribution in [0.3, 0.4) is 0 Å². The van der Waals surface area contributed by atoms with Gasteiger partial charge in [0.15, 0.2) is 5.82 Å². The van der Waals surface area contributed by atoms with Crippen LogP contribution in [0.25, 0.3) is 0 Å². The van der Waals surface area contributed by atoms with E-state index in [0.29, 0.717) is 16.9 Å². The lowest BCUT2D eigenvalue weighted by atomic mass is 10.2. The molecule has 5 heteroatoms. The second kappa shape index (κ2) is 4.94. The van der Waals surface area contributed by atoms with Crippen molar-refractivity contribution in [1.29, 1.82) is 0 Å². The van der Waals surface area contributed by atoms with Crippen LogP contribution in [0, 0.1) is 18.6 Å². The molecule has 0 bridgehead atoms. The molecule has 2 nitrogen and oxygen atoms in total. The van der Waals surface area contributed by atoms with Crippen LogP contribution in [0.5, 0.6) is 0 Å². The summed E-state index contributed by atoms with van der Waals surface area (Å²) in [7, 11) is 0. The van der Waals surface area contributed by atoms with Crippen molar-refractivity contribution >= 4 is 33.0 Å². The minimum absolute atomic E-state index is 0.195. The first-order chi connectivity index (χ1) is 8.49. The molecular formula is C13H11BrF2N2. The van der Waals surface area contributed by atoms with E-state index < -0.39 is 11.6 Å². The number of rotatable bonds is 2. The van der Waals surface area contributed by atoms with Crippen molar-refractivity contribution in [3.63, 3.8) is 0 Å². The molecule has 3 N–H and O–H groups in total. The lowest BCUT2D eigenvalue weighted by molar-refractivity contribution is 0.585. The third-order valence-electron chi connectivity index (χ3n) is 2.56. The lowest BCUT2D eigenvalue weighted by Gasteiger charge is -2.12. The Balaban J connectivity index is 2.46. The van der Waals surface area contributed by atoms with Crippen molar-refractivity contribution in [2.24, 2.45) is 0 Å². The molecule has 0 aliphatic rings. The first-order valence-electron chi connectivity index (χ1n) is 5.25. The van der Waals surface area contributed by atoms with Gasteiger partial charge in [0, 0.05) is 4.47 Å². The maximum atomic E-state index is 13.8. The van der Waals surface area contributed by atoms with Crippen molar-refractivity contribution in [3.05, 3.63) is 52.0 Å². The summed E-state index contributed by atoms with van der Waals surface area (Å²) in [6.45, 7) is 1.57. The number of hydrogen-bond acceptors (Lipinski definition) is 2. The third-order valence-corrected chi connectivity index (χ3v) is 3.05. The van der Waals surface area contributed by atoms with Crippen molar-refractivity contribution in [1.82, 2.24) is 0 Å². The van der Waals surface area contributed by atoms with Gasteiger partial charge in [-0.15, -0.1) is 0 Å². The minimum atomic E-state index is -0.655. The van der Waals surface area contributed by atoms with E-state index >= 15 is 0 Å². The average Bonchev–Trinajstić information content (AvgIpc) is 2.34. The number of benzene rings is 2. The van der Waals surface area contributed by atoms with E-state index in [1.54, 1.807) is 25.1 Å². The monoisotopic (exact) mass is 312 g/mol. The predicted octanol–water partition coefficient (Wildman–Crippen LogP) is 4.36. The average molecular weight is 313 g/mol. The van der Waals surface area contributed by atoms with Crippen molar-refractivity contribution in [2.45, 2.75) is 6.92 Å². The molecule has 0 aliphatic carbocycles. The highest BCUT2D eigenvalue weighted by Gasteiger charge is 2.12. The van der Waals surface area contributed by atoms with Gasteiger partial charge in [0.2, 0.25) is 0 Å². The molecule has 2 aromatic rings. The molecule has 0 radical (unpaired) electrons. The van der Waals surface area contributed by atoms with Crippen LogP contribution in [-0.4, -0.2) is 0 Å². The molecule has 18 heavy (non-hydrogen) atoms. The second-order valence-corrected chi connectivity index (χ2v) is 4.83. The fraction of sp³-hybridized carbons (Fsp3) is 0.0769. The van der Waals surface area contributed by atoms with Crippen molar-refractivity contribution in [3.8, 4) is 0 Å². The van der Waals surface area contributed by atoms with E-state index in [1.807, 2.05) is 0 Å². The van der Waals surface area contributed by atoms with Crippen LogP contribution in [0.15, 0.2) is 34.8 Å². The Morgan fingerprint density at radius 3 is 2.61 bits per heavy atom. The summed E-state index contributed by atoms with van der Waals surface area (Å²) in [6, 6.07) is 7.67. The molecule has 94 valence electrons. The number of aryl methyl sites for hydroxylation is 1. The SMILES string of the molecule is Cc1ccc(F)c(Nc2cc(Br)ccc2N)c1F. The Hall–Kier alpha value is -1.62. The zero-order valence-corrected chi connectivity index (χ0v) is 11.2. The molecule has 2 aromatic carbocycles. The van der Waals surface area contributed by atoms with Crippen LogP contribution < -0.4 is 11.1 Å². The summed E-state index contributed by atoms with van der Waals surface area (Å²) >= 11 is 3.28. The Labute approximate surface area is 112 Å². The van der Waals surface area contributed by atoms with E-state index in [-0.39, 0.29) is 5.69 Å². The zero-order chi connectivity index (χ0) is 13.3. The normalized spacial score (nSPS) is 10.4. The van der Waals surface area contributed by atoms with Gasteiger partial charge in [-0.25, -0.2) is 8.78 Å². The smallest absolute Gasteiger partial charge is 0.152 e. The Morgan fingerprint density at radius 1 is 1.17 bits per heavy atom. The van der Waals surface area contributed by atoms with E-state index in [0.717, 1.165) is 4.47 Å². The topological polar surface area (TPSA) is 38.0 Å². The summed E-state index contributed by atoms with van der Waals surface area (Å²) in [5.41, 5.74) is 6.79. The van der Waals surface area contributed by atoms with E-state index in [1.165, 1.54) is 12.1 Å².